The van der Waals surface area contributed by atoms with Gasteiger partial charge in [0.15, 0.2) is 0 Å². The Morgan fingerprint density at radius 1 is 0.938 bits per heavy atom. The van der Waals surface area contributed by atoms with E-state index >= 15 is 0 Å². The normalized spacial score (nSPS) is 18.2. The van der Waals surface area contributed by atoms with Crippen molar-refractivity contribution in [3.63, 3.8) is 0 Å². The molecule has 1 heterocycles. The van der Waals surface area contributed by atoms with Crippen LogP contribution in [0.3, 0.4) is 0 Å². The van der Waals surface area contributed by atoms with Crippen LogP contribution in [0.2, 0.25) is 0 Å². The molecular formula is C23H17FN2O5S. The van der Waals surface area contributed by atoms with Crippen LogP contribution >= 0.6 is 0 Å². The van der Waals surface area contributed by atoms with Gasteiger partial charge in [0, 0.05) is 11.3 Å². The van der Waals surface area contributed by atoms with Crippen LogP contribution in [-0.2, 0) is 19.6 Å². The van der Waals surface area contributed by atoms with Crippen molar-refractivity contribution < 1.29 is 27.5 Å². The smallest absolute Gasteiger partial charge is 0.300 e. The Hall–Kier alpha value is -3.82. The monoisotopic (exact) mass is 452 g/mol. The van der Waals surface area contributed by atoms with Gasteiger partial charge in [0.25, 0.3) is 11.7 Å². The van der Waals surface area contributed by atoms with Gasteiger partial charge >= 0.3 is 0 Å². The largest absolute Gasteiger partial charge is 0.507 e. The van der Waals surface area contributed by atoms with E-state index in [0.717, 1.165) is 4.90 Å². The number of carbonyl (C=O) groups excluding carboxylic acids is 2. The summed E-state index contributed by atoms with van der Waals surface area (Å²) in [6.07, 6.45) is 0. The number of aliphatic hydroxyl groups is 1. The summed E-state index contributed by atoms with van der Waals surface area (Å²) in [4.78, 5) is 26.9. The van der Waals surface area contributed by atoms with Gasteiger partial charge in [-0.05, 0) is 42.0 Å². The molecule has 9 heteroatoms. The number of Topliss-reactive ketones (excluding diaryl/α,β-unsaturated/α-hetero) is 1. The van der Waals surface area contributed by atoms with Crippen LogP contribution < -0.4 is 10.0 Å². The van der Waals surface area contributed by atoms with Crippen LogP contribution in [0.15, 0.2) is 89.3 Å². The molecule has 3 N–H and O–H groups in total. The predicted octanol–water partition coefficient (Wildman–Crippen LogP) is 3.10. The van der Waals surface area contributed by atoms with E-state index < -0.39 is 39.3 Å². The minimum Gasteiger partial charge on any atom is -0.507 e. The van der Waals surface area contributed by atoms with Crippen molar-refractivity contribution in [1.82, 2.24) is 0 Å². The molecule has 0 spiro atoms. The van der Waals surface area contributed by atoms with Crippen LogP contribution in [0.25, 0.3) is 5.76 Å². The van der Waals surface area contributed by atoms with E-state index in [4.69, 9.17) is 5.14 Å². The van der Waals surface area contributed by atoms with E-state index in [1.54, 1.807) is 30.3 Å². The minimum absolute atomic E-state index is 0.176. The third-order valence-corrected chi connectivity index (χ3v) is 6.03. The molecule has 3 aromatic carbocycles. The minimum atomic E-state index is -3.97. The number of halogens is 1. The molecule has 1 saturated heterocycles. The van der Waals surface area contributed by atoms with Gasteiger partial charge in [0.05, 0.1) is 16.5 Å². The number of rotatable bonds is 4. The Balaban J connectivity index is 1.93. The van der Waals surface area contributed by atoms with Gasteiger partial charge in [0.2, 0.25) is 10.0 Å². The molecule has 1 aliphatic rings. The van der Waals surface area contributed by atoms with Gasteiger partial charge in [0.1, 0.15) is 11.6 Å². The van der Waals surface area contributed by atoms with Crippen LogP contribution in [0.5, 0.6) is 0 Å². The van der Waals surface area contributed by atoms with Crippen molar-refractivity contribution >= 4 is 33.2 Å². The molecule has 0 aliphatic carbocycles. The maximum Gasteiger partial charge on any atom is 0.300 e. The molecule has 1 amide bonds. The van der Waals surface area contributed by atoms with Gasteiger partial charge in [-0.1, -0.05) is 42.5 Å². The molecule has 32 heavy (non-hydrogen) atoms. The number of sulfonamides is 1. The van der Waals surface area contributed by atoms with Crippen molar-refractivity contribution in [2.24, 2.45) is 5.14 Å². The fourth-order valence-corrected chi connectivity index (χ4v) is 4.15. The summed E-state index contributed by atoms with van der Waals surface area (Å²) >= 11 is 0. The number of nitrogens with two attached hydrogens (primary N) is 1. The van der Waals surface area contributed by atoms with E-state index in [0.29, 0.717) is 5.56 Å². The summed E-state index contributed by atoms with van der Waals surface area (Å²) in [5.41, 5.74) is 0.553. The number of amides is 1. The molecule has 1 unspecified atom stereocenters. The number of ketones is 1. The Morgan fingerprint density at radius 3 is 2.19 bits per heavy atom. The molecule has 1 aliphatic heterocycles. The summed E-state index contributed by atoms with van der Waals surface area (Å²) in [7, 11) is -3.97. The molecule has 0 aromatic heterocycles. The standard InChI is InChI=1S/C23H17FN2O5S/c24-16-8-4-7-15(13-16)20-19(21(27)14-5-2-1-3-6-14)22(28)23(29)26(20)17-9-11-18(12-10-17)32(25,30)31/h1-13,20,27H,(H2,25,30,31). The van der Waals surface area contributed by atoms with Crippen molar-refractivity contribution in [3.8, 4) is 0 Å². The maximum absolute atomic E-state index is 14.0. The average molecular weight is 452 g/mol. The lowest BCUT2D eigenvalue weighted by Crippen LogP contribution is -2.29. The van der Waals surface area contributed by atoms with Crippen molar-refractivity contribution in [3.05, 3.63) is 101 Å². The van der Waals surface area contributed by atoms with E-state index in [-0.39, 0.29) is 21.7 Å². The topological polar surface area (TPSA) is 118 Å². The Kier molecular flexibility index (Phi) is 5.37. The summed E-state index contributed by atoms with van der Waals surface area (Å²) < 4.78 is 37.2. The second-order valence-electron chi connectivity index (χ2n) is 7.13. The van der Waals surface area contributed by atoms with Crippen LogP contribution in [0.1, 0.15) is 17.2 Å². The third-order valence-electron chi connectivity index (χ3n) is 5.10. The number of hydrogen-bond donors (Lipinski definition) is 2. The van der Waals surface area contributed by atoms with Gasteiger partial charge in [-0.15, -0.1) is 0 Å². The first-order valence-corrected chi connectivity index (χ1v) is 11.0. The van der Waals surface area contributed by atoms with Gasteiger partial charge in [-0.25, -0.2) is 17.9 Å². The highest BCUT2D eigenvalue weighted by Gasteiger charge is 2.47. The second-order valence-corrected chi connectivity index (χ2v) is 8.69. The first-order chi connectivity index (χ1) is 15.2. The first kappa shape index (κ1) is 21.4. The van der Waals surface area contributed by atoms with E-state index in [2.05, 4.69) is 0 Å². The molecule has 7 nitrogen and oxygen atoms in total. The molecule has 1 atom stereocenters. The van der Waals surface area contributed by atoms with Crippen molar-refractivity contribution in [2.45, 2.75) is 10.9 Å². The number of anilines is 1. The first-order valence-electron chi connectivity index (χ1n) is 9.43. The molecule has 1 fully saturated rings. The summed E-state index contributed by atoms with van der Waals surface area (Å²) in [5.74, 6) is -2.88. The van der Waals surface area contributed by atoms with Gasteiger partial charge in [-0.3, -0.25) is 14.5 Å². The van der Waals surface area contributed by atoms with Crippen LogP contribution in [-0.4, -0.2) is 25.2 Å². The van der Waals surface area contributed by atoms with E-state index in [1.807, 2.05) is 0 Å². The summed E-state index contributed by atoms with van der Waals surface area (Å²) in [6, 6.07) is 17.4. The van der Waals surface area contributed by atoms with Crippen molar-refractivity contribution in [1.29, 1.82) is 0 Å². The molecule has 3 aromatic rings. The Morgan fingerprint density at radius 2 is 1.59 bits per heavy atom. The number of primary sulfonamides is 1. The fourth-order valence-electron chi connectivity index (χ4n) is 3.64. The Labute approximate surface area is 183 Å². The summed E-state index contributed by atoms with van der Waals surface area (Å²) in [6.45, 7) is 0. The highest BCUT2D eigenvalue weighted by atomic mass is 32.2. The zero-order valence-electron chi connectivity index (χ0n) is 16.5. The molecule has 0 saturated carbocycles. The highest BCUT2D eigenvalue weighted by Crippen LogP contribution is 2.42. The number of nitrogens with zero attached hydrogens (tertiary/aromatic N) is 1. The fraction of sp³-hybridized carbons (Fsp3) is 0.0435. The van der Waals surface area contributed by atoms with Crippen molar-refractivity contribution in [2.75, 3.05) is 4.90 Å². The Bertz CT molecular complexity index is 1350. The van der Waals surface area contributed by atoms with Crippen LogP contribution in [0, 0.1) is 5.82 Å². The van der Waals surface area contributed by atoms with E-state index in [9.17, 15) is 27.5 Å². The summed E-state index contributed by atoms with van der Waals surface area (Å²) in [5, 5.41) is 16.0. The van der Waals surface area contributed by atoms with Gasteiger partial charge < -0.3 is 5.11 Å². The molecule has 162 valence electrons. The number of carbonyl (C=O) groups is 2. The lowest BCUT2D eigenvalue weighted by molar-refractivity contribution is -0.132. The molecule has 4 rings (SSSR count). The third kappa shape index (κ3) is 3.79. The lowest BCUT2D eigenvalue weighted by Gasteiger charge is -2.25. The second kappa shape index (κ2) is 8.03. The predicted molar refractivity (Wildman–Crippen MR) is 115 cm³/mol. The maximum atomic E-state index is 14.0. The molecule has 0 bridgehead atoms. The van der Waals surface area contributed by atoms with E-state index in [1.165, 1.54) is 48.5 Å². The zero-order chi connectivity index (χ0) is 23.0. The highest BCUT2D eigenvalue weighted by molar-refractivity contribution is 7.89. The lowest BCUT2D eigenvalue weighted by atomic mass is 9.95. The number of benzene rings is 3. The SMILES string of the molecule is NS(=O)(=O)c1ccc(N2C(=O)C(=O)C(=C(O)c3ccccc3)C2c2cccc(F)c2)cc1. The molecule has 0 radical (unpaired) electrons. The molecular weight excluding hydrogens is 435 g/mol. The zero-order valence-corrected chi connectivity index (χ0v) is 17.3. The quantitative estimate of drug-likeness (QED) is 0.358. The average Bonchev–Trinajstić information content (AvgIpc) is 3.04. The van der Waals surface area contributed by atoms with Gasteiger partial charge in [-0.2, -0.15) is 0 Å². The number of aliphatic hydroxyl groups excluding tert-OH is 1. The van der Waals surface area contributed by atoms with Crippen LogP contribution in [0.4, 0.5) is 10.1 Å². The number of hydrogen-bond acceptors (Lipinski definition) is 5.